The van der Waals surface area contributed by atoms with Crippen molar-refractivity contribution in [3.8, 4) is 0 Å². The van der Waals surface area contributed by atoms with E-state index in [4.69, 9.17) is 4.42 Å². The molecule has 35 heavy (non-hydrogen) atoms. The van der Waals surface area contributed by atoms with Crippen LogP contribution in [0, 0.1) is 5.92 Å². The number of carbonyl (C=O) groups is 4. The van der Waals surface area contributed by atoms with Crippen molar-refractivity contribution in [3.05, 3.63) is 70.5 Å². The maximum absolute atomic E-state index is 12.8. The summed E-state index contributed by atoms with van der Waals surface area (Å²) < 4.78 is 5.90. The zero-order valence-electron chi connectivity index (χ0n) is 19.4. The molecule has 0 saturated heterocycles. The Morgan fingerprint density at radius 2 is 1.71 bits per heavy atom. The number of Topliss-reactive ketones (excluding diaryl/α,β-unsaturated/α-hetero) is 1. The molecule has 0 unspecified atom stereocenters. The molecule has 1 aromatic heterocycles. The van der Waals surface area contributed by atoms with Crippen LogP contribution in [-0.2, 0) is 17.6 Å². The van der Waals surface area contributed by atoms with Crippen LogP contribution >= 0.6 is 0 Å². The largest absolute Gasteiger partial charge is 0.481 e. The standard InChI is InChI=1S/C28H27NO6/c30-23(17-12-13-20-19-10-6-11-24(19)35-25(20)16-17)15-18(28(33)34)7-2-1-5-14-29-26(31)21-8-3-4-9-22(21)27(29)32/h3-4,8-9,12-13,16,18H,1-2,5-7,10-11,14-15H2,(H,33,34)/t18-/m0/s1. The van der Waals surface area contributed by atoms with Gasteiger partial charge in [-0.2, -0.15) is 0 Å². The number of benzene rings is 2. The minimum atomic E-state index is -0.989. The number of nitrogens with zero attached hydrogens (tertiary/aromatic N) is 1. The number of hydrogen-bond donors (Lipinski definition) is 1. The second kappa shape index (κ2) is 9.49. The van der Waals surface area contributed by atoms with E-state index in [2.05, 4.69) is 0 Å². The lowest BCUT2D eigenvalue weighted by Gasteiger charge is -2.14. The van der Waals surface area contributed by atoms with Crippen LogP contribution in [-0.4, -0.2) is 40.1 Å². The number of amides is 2. The SMILES string of the molecule is O=C(C[C@H](CCCCCN1C(=O)c2ccccc2C1=O)C(=O)O)c1ccc2c3c(oc2c1)CCC3. The number of carbonyl (C=O) groups excluding carboxylic acids is 3. The second-order valence-corrected chi connectivity index (χ2v) is 9.39. The second-order valence-electron chi connectivity index (χ2n) is 9.39. The van der Waals surface area contributed by atoms with E-state index in [0.717, 1.165) is 30.4 Å². The molecule has 2 aromatic carbocycles. The van der Waals surface area contributed by atoms with E-state index >= 15 is 0 Å². The summed E-state index contributed by atoms with van der Waals surface area (Å²) in [7, 11) is 0. The molecule has 0 spiro atoms. The lowest BCUT2D eigenvalue weighted by molar-refractivity contribution is -0.141. The highest BCUT2D eigenvalue weighted by Crippen LogP contribution is 2.33. The normalized spacial score (nSPS) is 15.5. The third kappa shape index (κ3) is 4.38. The zero-order chi connectivity index (χ0) is 24.5. The molecule has 2 aliphatic rings. The van der Waals surface area contributed by atoms with Gasteiger partial charge in [-0.3, -0.25) is 24.1 Å². The molecule has 5 rings (SSSR count). The summed E-state index contributed by atoms with van der Waals surface area (Å²) in [6.45, 7) is 0.302. The van der Waals surface area contributed by atoms with Gasteiger partial charge >= 0.3 is 5.97 Å². The quantitative estimate of drug-likeness (QED) is 0.251. The summed E-state index contributed by atoms with van der Waals surface area (Å²) in [5, 5.41) is 10.7. The highest BCUT2D eigenvalue weighted by atomic mass is 16.4. The van der Waals surface area contributed by atoms with E-state index in [1.54, 1.807) is 36.4 Å². The molecule has 2 amide bonds. The van der Waals surface area contributed by atoms with Gasteiger partial charge in [0.25, 0.3) is 11.8 Å². The van der Waals surface area contributed by atoms with E-state index in [-0.39, 0.29) is 24.0 Å². The maximum Gasteiger partial charge on any atom is 0.306 e. The van der Waals surface area contributed by atoms with Gasteiger partial charge in [0.2, 0.25) is 0 Å². The third-order valence-corrected chi connectivity index (χ3v) is 7.12. The van der Waals surface area contributed by atoms with Gasteiger partial charge in [-0.25, -0.2) is 0 Å². The van der Waals surface area contributed by atoms with Gasteiger partial charge in [0.1, 0.15) is 11.3 Å². The Morgan fingerprint density at radius 3 is 2.43 bits per heavy atom. The molecule has 0 saturated carbocycles. The minimum Gasteiger partial charge on any atom is -0.481 e. The van der Waals surface area contributed by atoms with Crippen molar-refractivity contribution in [2.45, 2.75) is 51.4 Å². The predicted octanol–water partition coefficient (Wildman–Crippen LogP) is 5.05. The van der Waals surface area contributed by atoms with Crippen LogP contribution in [0.3, 0.4) is 0 Å². The minimum absolute atomic E-state index is 0.0698. The number of fused-ring (bicyclic) bond motifs is 4. The Bertz CT molecular complexity index is 1300. The smallest absolute Gasteiger partial charge is 0.306 e. The molecule has 0 fully saturated rings. The maximum atomic E-state index is 12.8. The fraction of sp³-hybridized carbons (Fsp3) is 0.357. The molecule has 1 aliphatic heterocycles. The lowest BCUT2D eigenvalue weighted by Crippen LogP contribution is -2.30. The van der Waals surface area contributed by atoms with Crippen LogP contribution in [0.5, 0.6) is 0 Å². The molecule has 1 aliphatic carbocycles. The first kappa shape index (κ1) is 23.0. The zero-order valence-corrected chi connectivity index (χ0v) is 19.4. The van der Waals surface area contributed by atoms with Crippen molar-refractivity contribution >= 4 is 34.5 Å². The van der Waals surface area contributed by atoms with Gasteiger partial charge in [0.05, 0.1) is 17.0 Å². The number of ketones is 1. The number of aliphatic carboxylic acids is 1. The van der Waals surface area contributed by atoms with Crippen LogP contribution in [0.25, 0.3) is 11.0 Å². The molecule has 2 heterocycles. The fourth-order valence-corrected chi connectivity index (χ4v) is 5.21. The molecule has 7 heteroatoms. The van der Waals surface area contributed by atoms with Crippen molar-refractivity contribution in [3.63, 3.8) is 0 Å². The number of hydrogen-bond acceptors (Lipinski definition) is 5. The number of unbranched alkanes of at least 4 members (excludes halogenated alkanes) is 2. The highest BCUT2D eigenvalue weighted by Gasteiger charge is 2.34. The van der Waals surface area contributed by atoms with Crippen LogP contribution in [0.1, 0.15) is 80.9 Å². The van der Waals surface area contributed by atoms with Crippen molar-refractivity contribution in [1.29, 1.82) is 0 Å². The lowest BCUT2D eigenvalue weighted by atomic mass is 9.93. The Kier molecular flexibility index (Phi) is 6.24. The molecule has 0 bridgehead atoms. The van der Waals surface area contributed by atoms with Gasteiger partial charge < -0.3 is 9.52 Å². The predicted molar refractivity (Wildman–Crippen MR) is 129 cm³/mol. The summed E-state index contributed by atoms with van der Waals surface area (Å²) in [4.78, 5) is 50.7. The Hall–Kier alpha value is -3.74. The van der Waals surface area contributed by atoms with Crippen molar-refractivity contribution in [2.75, 3.05) is 6.54 Å². The third-order valence-electron chi connectivity index (χ3n) is 7.12. The van der Waals surface area contributed by atoms with E-state index in [9.17, 15) is 24.3 Å². The topological polar surface area (TPSA) is 105 Å². The average molecular weight is 474 g/mol. The highest BCUT2D eigenvalue weighted by molar-refractivity contribution is 6.21. The van der Waals surface area contributed by atoms with Gasteiger partial charge in [-0.15, -0.1) is 0 Å². The van der Waals surface area contributed by atoms with Crippen molar-refractivity contribution < 1.29 is 28.7 Å². The molecular weight excluding hydrogens is 446 g/mol. The summed E-state index contributed by atoms with van der Waals surface area (Å²) in [6.07, 6.45) is 5.13. The van der Waals surface area contributed by atoms with Gasteiger partial charge in [0.15, 0.2) is 5.78 Å². The van der Waals surface area contributed by atoms with Crippen LogP contribution in [0.15, 0.2) is 46.9 Å². The van der Waals surface area contributed by atoms with Gasteiger partial charge in [0, 0.05) is 35.9 Å². The van der Waals surface area contributed by atoms with Crippen molar-refractivity contribution in [2.24, 2.45) is 5.92 Å². The number of aryl methyl sites for hydroxylation is 2. The molecule has 180 valence electrons. The van der Waals surface area contributed by atoms with E-state index in [1.165, 1.54) is 10.5 Å². The number of rotatable bonds is 10. The number of carboxylic acids is 1. The summed E-state index contributed by atoms with van der Waals surface area (Å²) >= 11 is 0. The van der Waals surface area contributed by atoms with Gasteiger partial charge in [-0.05, 0) is 43.9 Å². The first-order valence-corrected chi connectivity index (χ1v) is 12.2. The molecule has 7 nitrogen and oxygen atoms in total. The summed E-state index contributed by atoms with van der Waals surface area (Å²) in [5.41, 5.74) is 3.25. The van der Waals surface area contributed by atoms with Crippen molar-refractivity contribution in [1.82, 2.24) is 4.90 Å². The van der Waals surface area contributed by atoms with E-state index in [1.807, 2.05) is 6.07 Å². The monoisotopic (exact) mass is 473 g/mol. The molecule has 0 radical (unpaired) electrons. The first-order chi connectivity index (χ1) is 16.9. The van der Waals surface area contributed by atoms with Crippen LogP contribution < -0.4 is 0 Å². The van der Waals surface area contributed by atoms with E-state index in [0.29, 0.717) is 54.5 Å². The molecule has 3 aromatic rings. The Labute approximate surface area is 202 Å². The summed E-state index contributed by atoms with van der Waals surface area (Å²) in [5.74, 6) is -1.54. The molecule has 1 atom stereocenters. The number of imide groups is 1. The number of carboxylic acid groups (broad SMARTS) is 1. The Morgan fingerprint density at radius 1 is 0.971 bits per heavy atom. The van der Waals surface area contributed by atoms with E-state index < -0.39 is 11.9 Å². The first-order valence-electron chi connectivity index (χ1n) is 12.2. The van der Waals surface area contributed by atoms with Crippen LogP contribution in [0.2, 0.25) is 0 Å². The van der Waals surface area contributed by atoms with Crippen LogP contribution in [0.4, 0.5) is 0 Å². The average Bonchev–Trinajstić information content (AvgIpc) is 3.51. The van der Waals surface area contributed by atoms with Gasteiger partial charge in [-0.1, -0.05) is 37.1 Å². The fourth-order valence-electron chi connectivity index (χ4n) is 5.21. The molecule has 1 N–H and O–H groups in total. The summed E-state index contributed by atoms with van der Waals surface area (Å²) in [6, 6.07) is 12.2. The Balaban J connectivity index is 1.12. The molecular formula is C28H27NO6. The number of furan rings is 1.